The van der Waals surface area contributed by atoms with Crippen molar-refractivity contribution in [1.82, 2.24) is 10.2 Å². The first-order chi connectivity index (χ1) is 9.24. The highest BCUT2D eigenvalue weighted by molar-refractivity contribution is 5.87. The molecule has 0 aromatic carbocycles. The standard InChI is InChI=1S/C15H30N2O3/c1-8-11(4)13(15(19)20-7)16-14(18)12(17(5)6)9-10(2)3/h10-13H,8-9H2,1-7H3,(H,16,18)/t11-,12+,13-/m0/s1. The van der Waals surface area contributed by atoms with Crippen LogP contribution in [0.2, 0.25) is 0 Å². The number of esters is 1. The molecule has 0 heterocycles. The summed E-state index contributed by atoms with van der Waals surface area (Å²) in [6.45, 7) is 8.09. The van der Waals surface area contributed by atoms with Gasteiger partial charge in [0.15, 0.2) is 0 Å². The first kappa shape index (κ1) is 18.9. The normalized spacial score (nSPS) is 15.8. The minimum atomic E-state index is -0.577. The average Bonchev–Trinajstić information content (AvgIpc) is 2.39. The number of hydrogen-bond acceptors (Lipinski definition) is 4. The highest BCUT2D eigenvalue weighted by Gasteiger charge is 2.30. The van der Waals surface area contributed by atoms with Crippen LogP contribution in [-0.2, 0) is 14.3 Å². The van der Waals surface area contributed by atoms with Crippen molar-refractivity contribution in [3.63, 3.8) is 0 Å². The molecule has 1 amide bonds. The van der Waals surface area contributed by atoms with E-state index < -0.39 is 6.04 Å². The molecule has 3 atom stereocenters. The summed E-state index contributed by atoms with van der Waals surface area (Å²) in [5.41, 5.74) is 0. The minimum absolute atomic E-state index is 0.0493. The first-order valence-corrected chi connectivity index (χ1v) is 7.29. The van der Waals surface area contributed by atoms with Gasteiger partial charge in [0.05, 0.1) is 13.2 Å². The zero-order valence-electron chi connectivity index (χ0n) is 13.9. The van der Waals surface area contributed by atoms with E-state index in [0.717, 1.165) is 12.8 Å². The van der Waals surface area contributed by atoms with Gasteiger partial charge in [0.1, 0.15) is 6.04 Å². The van der Waals surface area contributed by atoms with Crippen LogP contribution < -0.4 is 5.32 Å². The quantitative estimate of drug-likeness (QED) is 0.690. The summed E-state index contributed by atoms with van der Waals surface area (Å²) in [4.78, 5) is 26.1. The molecule has 5 nitrogen and oxygen atoms in total. The Morgan fingerprint density at radius 3 is 2.10 bits per heavy atom. The SMILES string of the molecule is CC[C@H](C)[C@H](NC(=O)[C@@H](CC(C)C)N(C)C)C(=O)OC. The van der Waals surface area contributed by atoms with E-state index in [2.05, 4.69) is 19.2 Å². The smallest absolute Gasteiger partial charge is 0.328 e. The number of hydrogen-bond donors (Lipinski definition) is 1. The second-order valence-corrected chi connectivity index (χ2v) is 6.00. The fraction of sp³-hybridized carbons (Fsp3) is 0.867. The number of amides is 1. The van der Waals surface area contributed by atoms with Crippen LogP contribution in [0.1, 0.15) is 40.5 Å². The molecule has 1 N–H and O–H groups in total. The second kappa shape index (κ2) is 8.95. The highest BCUT2D eigenvalue weighted by atomic mass is 16.5. The van der Waals surface area contributed by atoms with Gasteiger partial charge in [-0.15, -0.1) is 0 Å². The maximum Gasteiger partial charge on any atom is 0.328 e. The predicted octanol–water partition coefficient (Wildman–Crippen LogP) is 1.67. The van der Waals surface area contributed by atoms with Crippen LogP contribution in [0.3, 0.4) is 0 Å². The van der Waals surface area contributed by atoms with Crippen molar-refractivity contribution >= 4 is 11.9 Å². The lowest BCUT2D eigenvalue weighted by Crippen LogP contribution is -2.52. The Hall–Kier alpha value is -1.10. The highest BCUT2D eigenvalue weighted by Crippen LogP contribution is 2.13. The Kier molecular flexibility index (Phi) is 8.46. The van der Waals surface area contributed by atoms with E-state index in [0.29, 0.717) is 5.92 Å². The Morgan fingerprint density at radius 2 is 1.75 bits per heavy atom. The summed E-state index contributed by atoms with van der Waals surface area (Å²) in [6.07, 6.45) is 1.56. The number of nitrogens with zero attached hydrogens (tertiary/aromatic N) is 1. The fourth-order valence-electron chi connectivity index (χ4n) is 2.04. The molecular weight excluding hydrogens is 256 g/mol. The van der Waals surface area contributed by atoms with Gasteiger partial charge >= 0.3 is 5.97 Å². The molecule has 118 valence electrons. The molecule has 0 saturated heterocycles. The van der Waals surface area contributed by atoms with Gasteiger partial charge in [-0.25, -0.2) is 4.79 Å². The summed E-state index contributed by atoms with van der Waals surface area (Å²) in [5.74, 6) is -0.0317. The van der Waals surface area contributed by atoms with E-state index >= 15 is 0 Å². The van der Waals surface area contributed by atoms with Crippen molar-refractivity contribution in [2.45, 2.75) is 52.6 Å². The van der Waals surface area contributed by atoms with Gasteiger partial charge in [-0.1, -0.05) is 34.1 Å². The zero-order valence-corrected chi connectivity index (χ0v) is 13.9. The van der Waals surface area contributed by atoms with E-state index in [1.165, 1.54) is 7.11 Å². The molecule has 20 heavy (non-hydrogen) atoms. The first-order valence-electron chi connectivity index (χ1n) is 7.29. The summed E-state index contributed by atoms with van der Waals surface area (Å²) in [5, 5.41) is 2.85. The van der Waals surface area contributed by atoms with Crippen molar-refractivity contribution < 1.29 is 14.3 Å². The number of ether oxygens (including phenoxy) is 1. The Morgan fingerprint density at radius 1 is 1.20 bits per heavy atom. The van der Waals surface area contributed by atoms with Gasteiger partial charge in [-0.2, -0.15) is 0 Å². The molecule has 0 aliphatic rings. The summed E-state index contributed by atoms with van der Waals surface area (Å²) in [7, 11) is 5.10. The lowest BCUT2D eigenvalue weighted by Gasteiger charge is -2.28. The molecule has 0 aliphatic heterocycles. The molecule has 0 bridgehead atoms. The summed E-state index contributed by atoms with van der Waals surface area (Å²) < 4.78 is 4.79. The van der Waals surface area contributed by atoms with E-state index in [1.807, 2.05) is 32.8 Å². The molecule has 0 saturated carbocycles. The van der Waals surface area contributed by atoms with Crippen LogP contribution in [0.4, 0.5) is 0 Å². The third kappa shape index (κ3) is 5.90. The molecule has 0 aromatic heterocycles. The van der Waals surface area contributed by atoms with Crippen LogP contribution in [0.25, 0.3) is 0 Å². The molecule has 0 aromatic rings. The van der Waals surface area contributed by atoms with E-state index in [9.17, 15) is 9.59 Å². The molecule has 5 heteroatoms. The maximum atomic E-state index is 12.4. The largest absolute Gasteiger partial charge is 0.467 e. The minimum Gasteiger partial charge on any atom is -0.467 e. The molecular formula is C15H30N2O3. The average molecular weight is 286 g/mol. The van der Waals surface area contributed by atoms with Gasteiger partial charge < -0.3 is 10.1 Å². The molecule has 0 spiro atoms. The number of nitrogens with one attached hydrogen (secondary N) is 1. The summed E-state index contributed by atoms with van der Waals surface area (Å²) in [6, 6.07) is -0.807. The lowest BCUT2D eigenvalue weighted by atomic mass is 9.97. The van der Waals surface area contributed by atoms with Gasteiger partial charge in [-0.3, -0.25) is 9.69 Å². The van der Waals surface area contributed by atoms with Gasteiger partial charge in [0, 0.05) is 0 Å². The van der Waals surface area contributed by atoms with Crippen molar-refractivity contribution in [3.05, 3.63) is 0 Å². The third-order valence-electron chi connectivity index (χ3n) is 3.59. The van der Waals surface area contributed by atoms with Crippen molar-refractivity contribution in [2.24, 2.45) is 11.8 Å². The Balaban J connectivity index is 4.91. The van der Waals surface area contributed by atoms with Crippen LogP contribution in [0.5, 0.6) is 0 Å². The molecule has 0 rings (SSSR count). The van der Waals surface area contributed by atoms with Gasteiger partial charge in [0.25, 0.3) is 0 Å². The number of likely N-dealkylation sites (N-methyl/N-ethyl adjacent to an activating group) is 1. The second-order valence-electron chi connectivity index (χ2n) is 6.00. The van der Waals surface area contributed by atoms with E-state index in [1.54, 1.807) is 0 Å². The van der Waals surface area contributed by atoms with E-state index in [-0.39, 0.29) is 23.8 Å². The molecule has 0 fully saturated rings. The molecule has 0 radical (unpaired) electrons. The fourth-order valence-corrected chi connectivity index (χ4v) is 2.04. The van der Waals surface area contributed by atoms with Gasteiger partial charge in [-0.05, 0) is 32.4 Å². The van der Waals surface area contributed by atoms with Crippen molar-refractivity contribution in [2.75, 3.05) is 21.2 Å². The molecule has 0 unspecified atom stereocenters. The number of rotatable bonds is 8. The number of carbonyl (C=O) groups is 2. The van der Waals surface area contributed by atoms with Crippen LogP contribution >= 0.6 is 0 Å². The van der Waals surface area contributed by atoms with Gasteiger partial charge in [0.2, 0.25) is 5.91 Å². The maximum absolute atomic E-state index is 12.4. The van der Waals surface area contributed by atoms with Crippen molar-refractivity contribution in [3.8, 4) is 0 Å². The predicted molar refractivity (Wildman–Crippen MR) is 80.3 cm³/mol. The van der Waals surface area contributed by atoms with Crippen LogP contribution in [0.15, 0.2) is 0 Å². The topological polar surface area (TPSA) is 58.6 Å². The Bertz CT molecular complexity index is 316. The third-order valence-corrected chi connectivity index (χ3v) is 3.59. The van der Waals surface area contributed by atoms with Crippen LogP contribution in [0, 0.1) is 11.8 Å². The monoisotopic (exact) mass is 286 g/mol. The zero-order chi connectivity index (χ0) is 15.9. The lowest BCUT2D eigenvalue weighted by molar-refractivity contribution is -0.147. The Labute approximate surface area is 123 Å². The van der Waals surface area contributed by atoms with Crippen LogP contribution in [-0.4, -0.2) is 50.1 Å². The summed E-state index contributed by atoms with van der Waals surface area (Å²) >= 11 is 0. The van der Waals surface area contributed by atoms with Crippen molar-refractivity contribution in [1.29, 1.82) is 0 Å². The molecule has 0 aliphatic carbocycles. The number of methoxy groups -OCH3 is 1. The number of carbonyl (C=O) groups excluding carboxylic acids is 2. The van der Waals surface area contributed by atoms with E-state index in [4.69, 9.17) is 4.74 Å².